The average Bonchev–Trinajstić information content (AvgIpc) is 2.85. The number of anilines is 1. The van der Waals surface area contributed by atoms with Gasteiger partial charge in [-0.1, -0.05) is 12.1 Å². The highest BCUT2D eigenvalue weighted by Crippen LogP contribution is 2.33. The van der Waals surface area contributed by atoms with Crippen molar-refractivity contribution in [2.75, 3.05) is 18.6 Å². The van der Waals surface area contributed by atoms with Gasteiger partial charge in [0.05, 0.1) is 25.0 Å². The van der Waals surface area contributed by atoms with Gasteiger partial charge in [0.15, 0.2) is 5.76 Å². The number of hydrogen-bond donors (Lipinski definition) is 1. The molecule has 1 aliphatic heterocycles. The van der Waals surface area contributed by atoms with E-state index in [0.29, 0.717) is 29.4 Å². The van der Waals surface area contributed by atoms with E-state index in [9.17, 15) is 14.7 Å². The van der Waals surface area contributed by atoms with Gasteiger partial charge in [0.25, 0.3) is 5.91 Å². The molecule has 0 aromatic heterocycles. The number of benzene rings is 2. The van der Waals surface area contributed by atoms with Crippen LogP contribution in [-0.4, -0.2) is 30.6 Å². The van der Waals surface area contributed by atoms with Crippen molar-refractivity contribution >= 4 is 23.1 Å². The smallest absolute Gasteiger partial charge is 0.301 e. The number of aliphatic hydroxyl groups excluding tert-OH is 1. The van der Waals surface area contributed by atoms with E-state index in [1.165, 1.54) is 7.11 Å². The number of imide groups is 1. The lowest BCUT2D eigenvalue weighted by atomic mass is 10.1. The van der Waals surface area contributed by atoms with Crippen LogP contribution in [0.2, 0.25) is 0 Å². The third kappa shape index (κ3) is 2.94. The number of carbonyl (C=O) groups excluding carboxylic acids is 2. The molecule has 0 saturated carbocycles. The Morgan fingerprint density at radius 3 is 2.08 bits per heavy atom. The fraction of sp³-hybridized carbons (Fsp3) is 0.158. The zero-order chi connectivity index (χ0) is 18.0. The Morgan fingerprint density at radius 1 is 0.920 bits per heavy atom. The second-order valence-corrected chi connectivity index (χ2v) is 5.32. The number of hydrogen-bond acceptors (Lipinski definition) is 5. The molecule has 6 heteroatoms. The van der Waals surface area contributed by atoms with Gasteiger partial charge in [-0.3, -0.25) is 9.59 Å². The Balaban J connectivity index is 1.93. The lowest BCUT2D eigenvalue weighted by Gasteiger charge is -2.15. The Bertz CT molecular complexity index is 837. The van der Waals surface area contributed by atoms with Gasteiger partial charge in [-0.05, 0) is 48.9 Å². The maximum Gasteiger partial charge on any atom is 0.301 e. The summed E-state index contributed by atoms with van der Waals surface area (Å²) in [7, 11) is 1.53. The summed E-state index contributed by atoms with van der Waals surface area (Å²) in [6.45, 7) is 2.39. The molecule has 128 valence electrons. The number of ether oxygens (including phenoxy) is 2. The summed E-state index contributed by atoms with van der Waals surface area (Å²) in [4.78, 5) is 26.0. The van der Waals surface area contributed by atoms with Crippen LogP contribution < -0.4 is 14.4 Å². The molecule has 1 aliphatic rings. The highest BCUT2D eigenvalue weighted by atomic mass is 16.5. The van der Waals surface area contributed by atoms with E-state index in [1.54, 1.807) is 48.5 Å². The molecule has 1 N–H and O–H groups in total. The molecule has 0 bridgehead atoms. The van der Waals surface area contributed by atoms with Gasteiger partial charge in [0, 0.05) is 0 Å². The summed E-state index contributed by atoms with van der Waals surface area (Å²) in [5.41, 5.74) is 0.794. The highest BCUT2D eigenvalue weighted by molar-refractivity contribution is 6.44. The second kappa shape index (κ2) is 6.68. The third-order valence-corrected chi connectivity index (χ3v) is 3.84. The molecule has 0 unspecified atom stereocenters. The van der Waals surface area contributed by atoms with E-state index in [2.05, 4.69) is 0 Å². The van der Waals surface area contributed by atoms with Crippen molar-refractivity contribution in [3.63, 3.8) is 0 Å². The van der Waals surface area contributed by atoms with Crippen LogP contribution >= 0.6 is 0 Å². The topological polar surface area (TPSA) is 76.1 Å². The first-order valence-electron chi connectivity index (χ1n) is 7.76. The lowest BCUT2D eigenvalue weighted by Crippen LogP contribution is -2.31. The molecule has 2 aromatic carbocycles. The zero-order valence-corrected chi connectivity index (χ0v) is 13.9. The summed E-state index contributed by atoms with van der Waals surface area (Å²) in [5.74, 6) is -0.636. The first-order chi connectivity index (χ1) is 12.1. The molecule has 3 rings (SSSR count). The molecule has 0 fully saturated rings. The predicted octanol–water partition coefficient (Wildman–Crippen LogP) is 2.94. The summed E-state index contributed by atoms with van der Waals surface area (Å²) >= 11 is 0. The molecule has 0 aliphatic carbocycles. The van der Waals surface area contributed by atoms with Gasteiger partial charge in [0.1, 0.15) is 11.5 Å². The van der Waals surface area contributed by atoms with Gasteiger partial charge in [0.2, 0.25) is 0 Å². The highest BCUT2D eigenvalue weighted by Gasteiger charge is 2.40. The van der Waals surface area contributed by atoms with Crippen LogP contribution in [0, 0.1) is 0 Å². The van der Waals surface area contributed by atoms with Crippen LogP contribution in [0.1, 0.15) is 12.5 Å². The summed E-state index contributed by atoms with van der Waals surface area (Å²) in [6, 6.07) is 13.1. The largest absolute Gasteiger partial charge is 0.502 e. The van der Waals surface area contributed by atoms with E-state index in [4.69, 9.17) is 9.47 Å². The maximum atomic E-state index is 12.7. The van der Waals surface area contributed by atoms with Gasteiger partial charge in [-0.2, -0.15) is 0 Å². The SMILES string of the molecule is CCOc1ccc(C2=C(O)C(=O)N(c3ccc(OC)cc3)C2=O)cc1. The molecule has 2 aromatic rings. The fourth-order valence-corrected chi connectivity index (χ4v) is 2.63. The average molecular weight is 339 g/mol. The minimum atomic E-state index is -0.751. The number of methoxy groups -OCH3 is 1. The monoisotopic (exact) mass is 339 g/mol. The molecule has 0 spiro atoms. The standard InChI is InChI=1S/C19H17NO5/c1-3-25-15-8-4-12(5-9-15)16-17(21)19(23)20(18(16)22)13-6-10-14(24-2)11-7-13/h4-11,21H,3H2,1-2H3. The Morgan fingerprint density at radius 2 is 1.52 bits per heavy atom. The molecule has 0 saturated heterocycles. The fourth-order valence-electron chi connectivity index (χ4n) is 2.63. The van der Waals surface area contributed by atoms with E-state index >= 15 is 0 Å². The van der Waals surface area contributed by atoms with Crippen LogP contribution in [0.15, 0.2) is 54.3 Å². The van der Waals surface area contributed by atoms with Crippen LogP contribution in [0.4, 0.5) is 5.69 Å². The van der Waals surface area contributed by atoms with E-state index < -0.39 is 17.6 Å². The van der Waals surface area contributed by atoms with Crippen molar-refractivity contribution < 1.29 is 24.2 Å². The Labute approximate surface area is 144 Å². The van der Waals surface area contributed by atoms with Crippen molar-refractivity contribution in [2.45, 2.75) is 6.92 Å². The van der Waals surface area contributed by atoms with Crippen molar-refractivity contribution in [3.05, 3.63) is 59.9 Å². The van der Waals surface area contributed by atoms with Crippen LogP contribution in [0.5, 0.6) is 11.5 Å². The minimum absolute atomic E-state index is 0.0242. The number of rotatable bonds is 5. The molecular weight excluding hydrogens is 322 g/mol. The second-order valence-electron chi connectivity index (χ2n) is 5.32. The number of amides is 2. The van der Waals surface area contributed by atoms with Crippen molar-refractivity contribution in [1.82, 2.24) is 0 Å². The normalized spacial score (nSPS) is 14.2. The molecule has 0 atom stereocenters. The van der Waals surface area contributed by atoms with E-state index in [-0.39, 0.29) is 5.57 Å². The van der Waals surface area contributed by atoms with Crippen LogP contribution in [-0.2, 0) is 9.59 Å². The summed E-state index contributed by atoms with van der Waals surface area (Å²) in [5, 5.41) is 10.2. The predicted molar refractivity (Wildman–Crippen MR) is 92.6 cm³/mol. The van der Waals surface area contributed by atoms with Crippen LogP contribution in [0.3, 0.4) is 0 Å². The molecule has 6 nitrogen and oxygen atoms in total. The van der Waals surface area contributed by atoms with Crippen LogP contribution in [0.25, 0.3) is 5.57 Å². The maximum absolute atomic E-state index is 12.7. The lowest BCUT2D eigenvalue weighted by molar-refractivity contribution is -0.121. The van der Waals surface area contributed by atoms with Gasteiger partial charge in [-0.25, -0.2) is 4.90 Å². The van der Waals surface area contributed by atoms with Gasteiger partial charge < -0.3 is 14.6 Å². The summed E-state index contributed by atoms with van der Waals surface area (Å²) in [6.07, 6.45) is 0. The van der Waals surface area contributed by atoms with Crippen molar-refractivity contribution in [3.8, 4) is 11.5 Å². The van der Waals surface area contributed by atoms with Gasteiger partial charge >= 0.3 is 5.91 Å². The quantitative estimate of drug-likeness (QED) is 0.848. The van der Waals surface area contributed by atoms with E-state index in [0.717, 1.165) is 4.90 Å². The third-order valence-electron chi connectivity index (χ3n) is 3.84. The molecule has 0 radical (unpaired) electrons. The Kier molecular flexibility index (Phi) is 4.43. The minimum Gasteiger partial charge on any atom is -0.502 e. The summed E-state index contributed by atoms with van der Waals surface area (Å²) < 4.78 is 10.4. The number of aliphatic hydroxyl groups is 1. The van der Waals surface area contributed by atoms with E-state index in [1.807, 2.05) is 6.92 Å². The number of carbonyl (C=O) groups is 2. The first kappa shape index (κ1) is 16.6. The van der Waals surface area contributed by atoms with Gasteiger partial charge in [-0.15, -0.1) is 0 Å². The Hall–Kier alpha value is -3.28. The molecular formula is C19H17NO5. The number of nitrogens with zero attached hydrogens (tertiary/aromatic N) is 1. The van der Waals surface area contributed by atoms with Crippen molar-refractivity contribution in [2.24, 2.45) is 0 Å². The molecule has 2 amide bonds. The molecule has 25 heavy (non-hydrogen) atoms. The first-order valence-corrected chi connectivity index (χ1v) is 7.76. The molecule has 1 heterocycles. The zero-order valence-electron chi connectivity index (χ0n) is 13.9. The van der Waals surface area contributed by atoms with Crippen molar-refractivity contribution in [1.29, 1.82) is 0 Å².